The predicted octanol–water partition coefficient (Wildman–Crippen LogP) is -0.486. The van der Waals surface area contributed by atoms with Crippen LogP contribution in [0.5, 0.6) is 0 Å². The molecule has 1 amide bonds. The second kappa shape index (κ2) is 6.83. The Labute approximate surface area is 97.5 Å². The summed E-state index contributed by atoms with van der Waals surface area (Å²) in [4.78, 5) is 15.7. The van der Waals surface area contributed by atoms with Gasteiger partial charge in [0.25, 0.3) is 0 Å². The molecule has 0 aliphatic carbocycles. The molecule has 1 aliphatic rings. The molecule has 1 fully saturated rings. The summed E-state index contributed by atoms with van der Waals surface area (Å²) in [5.41, 5.74) is 5.73. The van der Waals surface area contributed by atoms with E-state index in [1.54, 1.807) is 7.11 Å². The third-order valence-electron chi connectivity index (χ3n) is 3.00. The van der Waals surface area contributed by atoms with E-state index < -0.39 is 0 Å². The van der Waals surface area contributed by atoms with E-state index in [4.69, 9.17) is 10.5 Å². The quantitative estimate of drug-likeness (QED) is 0.668. The first-order valence-electron chi connectivity index (χ1n) is 5.87. The molecule has 0 spiro atoms. The van der Waals surface area contributed by atoms with E-state index >= 15 is 0 Å². The van der Waals surface area contributed by atoms with Gasteiger partial charge in [-0.15, -0.1) is 0 Å². The molecule has 1 heterocycles. The summed E-state index contributed by atoms with van der Waals surface area (Å²) in [6.45, 7) is 4.12. The van der Waals surface area contributed by atoms with Crippen molar-refractivity contribution in [1.29, 1.82) is 0 Å². The molecule has 1 saturated heterocycles. The van der Waals surface area contributed by atoms with Crippen molar-refractivity contribution >= 4 is 5.91 Å². The molecule has 1 rings (SSSR count). The predicted molar refractivity (Wildman–Crippen MR) is 63.2 cm³/mol. The van der Waals surface area contributed by atoms with Crippen molar-refractivity contribution < 1.29 is 9.53 Å². The fraction of sp³-hybridized carbons (Fsp3) is 0.909. The number of piperidine rings is 1. The highest BCUT2D eigenvalue weighted by molar-refractivity contribution is 5.82. The molecule has 1 unspecified atom stereocenters. The number of carbonyl (C=O) groups is 1. The number of likely N-dealkylation sites (N-methyl/N-ethyl adjacent to an activating group) is 1. The maximum Gasteiger partial charge on any atom is 0.239 e. The summed E-state index contributed by atoms with van der Waals surface area (Å²) in [6, 6.07) is -0.280. The van der Waals surface area contributed by atoms with E-state index in [0.29, 0.717) is 0 Å². The molecule has 5 heteroatoms. The normalized spacial score (nSPS) is 21.9. The topological polar surface area (TPSA) is 58.8 Å². The Bertz CT molecular complexity index is 223. The van der Waals surface area contributed by atoms with Gasteiger partial charge in [0.2, 0.25) is 5.91 Å². The van der Waals surface area contributed by atoms with E-state index in [1.807, 2.05) is 11.9 Å². The third-order valence-corrected chi connectivity index (χ3v) is 3.00. The zero-order valence-corrected chi connectivity index (χ0v) is 10.3. The molecule has 0 aromatic heterocycles. The summed E-state index contributed by atoms with van der Waals surface area (Å²) >= 11 is 0. The van der Waals surface area contributed by atoms with Crippen molar-refractivity contribution in [3.05, 3.63) is 0 Å². The Morgan fingerprint density at radius 3 is 3.00 bits per heavy atom. The Hall–Kier alpha value is -0.650. The average molecular weight is 229 g/mol. The van der Waals surface area contributed by atoms with Gasteiger partial charge in [0, 0.05) is 33.3 Å². The number of hydrogen-bond acceptors (Lipinski definition) is 4. The summed E-state index contributed by atoms with van der Waals surface area (Å²) in [7, 11) is 3.73. The second-order valence-corrected chi connectivity index (χ2v) is 4.37. The molecular formula is C11H23N3O2. The van der Waals surface area contributed by atoms with Crippen molar-refractivity contribution in [1.82, 2.24) is 9.80 Å². The van der Waals surface area contributed by atoms with Gasteiger partial charge in [-0.3, -0.25) is 4.79 Å². The molecule has 0 saturated carbocycles. The number of amides is 1. The lowest BCUT2D eigenvalue weighted by atomic mass is 10.1. The Balaban J connectivity index is 2.23. The van der Waals surface area contributed by atoms with E-state index in [2.05, 4.69) is 4.90 Å². The molecule has 0 aromatic rings. The van der Waals surface area contributed by atoms with Crippen LogP contribution in [0.2, 0.25) is 0 Å². The highest BCUT2D eigenvalue weighted by atomic mass is 16.5. The SMILES string of the molecule is COCCN(C)CCN1CCCC(N)C1=O. The smallest absolute Gasteiger partial charge is 0.239 e. The van der Waals surface area contributed by atoms with Gasteiger partial charge in [0.05, 0.1) is 12.6 Å². The molecule has 5 nitrogen and oxygen atoms in total. The first kappa shape index (κ1) is 13.4. The zero-order chi connectivity index (χ0) is 12.0. The summed E-state index contributed by atoms with van der Waals surface area (Å²) < 4.78 is 5.00. The van der Waals surface area contributed by atoms with Crippen LogP contribution in [0.1, 0.15) is 12.8 Å². The molecule has 0 radical (unpaired) electrons. The van der Waals surface area contributed by atoms with Crippen LogP contribution in [0.15, 0.2) is 0 Å². The van der Waals surface area contributed by atoms with Crippen LogP contribution >= 0.6 is 0 Å². The van der Waals surface area contributed by atoms with Crippen LogP contribution < -0.4 is 5.73 Å². The standard InChI is InChI=1S/C11H23N3O2/c1-13(8-9-16-2)6-7-14-5-3-4-10(12)11(14)15/h10H,3-9,12H2,1-2H3. The molecule has 0 bridgehead atoms. The minimum atomic E-state index is -0.280. The Kier molecular flexibility index (Phi) is 5.73. The largest absolute Gasteiger partial charge is 0.383 e. The van der Waals surface area contributed by atoms with E-state index in [-0.39, 0.29) is 11.9 Å². The van der Waals surface area contributed by atoms with Crippen molar-refractivity contribution in [2.24, 2.45) is 5.73 Å². The number of likely N-dealkylation sites (tertiary alicyclic amines) is 1. The van der Waals surface area contributed by atoms with Crippen LogP contribution in [0.25, 0.3) is 0 Å². The molecular weight excluding hydrogens is 206 g/mol. The first-order valence-corrected chi connectivity index (χ1v) is 5.87. The van der Waals surface area contributed by atoms with Gasteiger partial charge in [-0.25, -0.2) is 0 Å². The van der Waals surface area contributed by atoms with Crippen LogP contribution in [0.3, 0.4) is 0 Å². The highest BCUT2D eigenvalue weighted by Crippen LogP contribution is 2.09. The van der Waals surface area contributed by atoms with Gasteiger partial charge >= 0.3 is 0 Å². The number of carbonyl (C=O) groups excluding carboxylic acids is 1. The highest BCUT2D eigenvalue weighted by Gasteiger charge is 2.25. The van der Waals surface area contributed by atoms with Crippen LogP contribution in [-0.4, -0.2) is 68.7 Å². The maximum absolute atomic E-state index is 11.7. The third kappa shape index (κ3) is 4.08. The number of ether oxygens (including phenoxy) is 1. The average Bonchev–Trinajstić information content (AvgIpc) is 2.28. The molecule has 1 atom stereocenters. The van der Waals surface area contributed by atoms with Gasteiger partial charge < -0.3 is 20.3 Å². The summed E-state index contributed by atoms with van der Waals surface area (Å²) in [6.07, 6.45) is 1.85. The molecule has 16 heavy (non-hydrogen) atoms. The number of hydrogen-bond donors (Lipinski definition) is 1. The van der Waals surface area contributed by atoms with Crippen LogP contribution in [0.4, 0.5) is 0 Å². The van der Waals surface area contributed by atoms with Crippen LogP contribution in [0, 0.1) is 0 Å². The number of rotatable bonds is 6. The minimum absolute atomic E-state index is 0.103. The van der Waals surface area contributed by atoms with Gasteiger partial charge in [-0.1, -0.05) is 0 Å². The lowest BCUT2D eigenvalue weighted by molar-refractivity contribution is -0.135. The monoisotopic (exact) mass is 229 g/mol. The molecule has 1 aliphatic heterocycles. The van der Waals surface area contributed by atoms with Crippen molar-refractivity contribution in [2.45, 2.75) is 18.9 Å². The van der Waals surface area contributed by atoms with Crippen molar-refractivity contribution in [3.63, 3.8) is 0 Å². The maximum atomic E-state index is 11.7. The number of methoxy groups -OCH3 is 1. The first-order chi connectivity index (χ1) is 7.65. The van der Waals surface area contributed by atoms with E-state index in [9.17, 15) is 4.79 Å². The van der Waals surface area contributed by atoms with Gasteiger partial charge in [0.15, 0.2) is 0 Å². The lowest BCUT2D eigenvalue weighted by Crippen LogP contribution is -2.50. The zero-order valence-electron chi connectivity index (χ0n) is 10.3. The minimum Gasteiger partial charge on any atom is -0.383 e. The second-order valence-electron chi connectivity index (χ2n) is 4.37. The molecule has 0 aromatic carbocycles. The summed E-state index contributed by atoms with van der Waals surface area (Å²) in [5.74, 6) is 0.103. The van der Waals surface area contributed by atoms with Gasteiger partial charge in [0.1, 0.15) is 0 Å². The molecule has 94 valence electrons. The van der Waals surface area contributed by atoms with Gasteiger partial charge in [-0.2, -0.15) is 0 Å². The fourth-order valence-electron chi connectivity index (χ4n) is 1.84. The van der Waals surface area contributed by atoms with Crippen LogP contribution in [-0.2, 0) is 9.53 Å². The molecule has 2 N–H and O–H groups in total. The van der Waals surface area contributed by atoms with Crippen molar-refractivity contribution in [2.75, 3.05) is 46.9 Å². The van der Waals surface area contributed by atoms with Gasteiger partial charge in [-0.05, 0) is 19.9 Å². The van der Waals surface area contributed by atoms with E-state index in [1.165, 1.54) is 0 Å². The Morgan fingerprint density at radius 2 is 2.31 bits per heavy atom. The number of nitrogens with zero attached hydrogens (tertiary/aromatic N) is 2. The van der Waals surface area contributed by atoms with Crippen molar-refractivity contribution in [3.8, 4) is 0 Å². The van der Waals surface area contributed by atoms with E-state index in [0.717, 1.165) is 45.6 Å². The number of nitrogens with two attached hydrogens (primary N) is 1. The Morgan fingerprint density at radius 1 is 1.56 bits per heavy atom. The lowest BCUT2D eigenvalue weighted by Gasteiger charge is -2.31. The summed E-state index contributed by atoms with van der Waals surface area (Å²) in [5, 5.41) is 0. The fourth-order valence-corrected chi connectivity index (χ4v) is 1.84.